The average molecular weight is 418 g/mol. The van der Waals surface area contributed by atoms with Gasteiger partial charge in [-0.05, 0) is 43.2 Å². The number of carbonyl (C=O) groups excluding carboxylic acids is 2. The number of aryl methyl sites for hydroxylation is 2. The Bertz CT molecular complexity index is 928. The summed E-state index contributed by atoms with van der Waals surface area (Å²) in [6, 6.07) is 8.90. The molecule has 2 amide bonds. The lowest BCUT2D eigenvalue weighted by atomic mass is 10.1. The molecule has 0 heterocycles. The summed E-state index contributed by atoms with van der Waals surface area (Å²) in [7, 11) is 3.02. The van der Waals surface area contributed by atoms with E-state index in [1.165, 1.54) is 20.4 Å². The van der Waals surface area contributed by atoms with Crippen molar-refractivity contribution in [1.29, 1.82) is 0 Å². The zero-order valence-electron chi connectivity index (χ0n) is 16.8. The van der Waals surface area contributed by atoms with E-state index in [-0.39, 0.29) is 24.7 Å². The lowest BCUT2D eigenvalue weighted by Gasteiger charge is -2.09. The van der Waals surface area contributed by atoms with E-state index < -0.39 is 0 Å². The summed E-state index contributed by atoms with van der Waals surface area (Å²) in [6.07, 6.45) is 1.45. The van der Waals surface area contributed by atoms with E-state index in [0.29, 0.717) is 27.8 Å². The van der Waals surface area contributed by atoms with Gasteiger partial charge < -0.3 is 14.8 Å². The molecule has 0 spiro atoms. The van der Waals surface area contributed by atoms with Gasteiger partial charge in [0.05, 0.1) is 25.5 Å². The summed E-state index contributed by atoms with van der Waals surface area (Å²) in [4.78, 5) is 23.9. The lowest BCUT2D eigenvalue weighted by Crippen LogP contribution is -2.20. The highest BCUT2D eigenvalue weighted by Crippen LogP contribution is 2.32. The molecule has 0 unspecified atom stereocenters. The van der Waals surface area contributed by atoms with Crippen LogP contribution in [0, 0.1) is 13.8 Å². The van der Waals surface area contributed by atoms with Crippen LogP contribution in [-0.2, 0) is 9.59 Å². The number of anilines is 1. The number of nitrogens with one attached hydrogen (secondary N) is 2. The first-order valence-corrected chi connectivity index (χ1v) is 9.32. The Morgan fingerprint density at radius 1 is 1.00 bits per heavy atom. The average Bonchev–Trinajstić information content (AvgIpc) is 2.70. The number of nitrogens with zero attached hydrogens (tertiary/aromatic N) is 1. The largest absolute Gasteiger partial charge is 0.493 e. The molecule has 7 nitrogen and oxygen atoms in total. The van der Waals surface area contributed by atoms with Crippen LogP contribution in [0.2, 0.25) is 5.02 Å². The van der Waals surface area contributed by atoms with Gasteiger partial charge in [-0.2, -0.15) is 5.10 Å². The minimum absolute atomic E-state index is 0.00762. The Morgan fingerprint density at radius 2 is 1.66 bits per heavy atom. The molecular weight excluding hydrogens is 394 g/mol. The summed E-state index contributed by atoms with van der Waals surface area (Å²) in [5.74, 6) is 0.365. The highest BCUT2D eigenvalue weighted by Gasteiger charge is 2.10. The van der Waals surface area contributed by atoms with Gasteiger partial charge in [-0.25, -0.2) is 5.43 Å². The Hall–Kier alpha value is -3.06. The van der Waals surface area contributed by atoms with Gasteiger partial charge in [-0.15, -0.1) is 0 Å². The minimum atomic E-state index is -0.381. The van der Waals surface area contributed by atoms with Gasteiger partial charge in [-0.3, -0.25) is 9.59 Å². The van der Waals surface area contributed by atoms with Crippen molar-refractivity contribution in [3.63, 3.8) is 0 Å². The zero-order valence-corrected chi connectivity index (χ0v) is 17.6. The lowest BCUT2D eigenvalue weighted by molar-refractivity contribution is -0.124. The molecule has 2 rings (SSSR count). The number of rotatable bonds is 8. The molecule has 0 aliphatic heterocycles. The first kappa shape index (κ1) is 22.2. The fourth-order valence-electron chi connectivity index (χ4n) is 2.47. The SMILES string of the molecule is COc1cc(Cl)c(/C=N/NC(=O)CCC(=O)Nc2ccc(C)c(C)c2)cc1OC. The Kier molecular flexibility index (Phi) is 8.03. The molecule has 2 aromatic rings. The summed E-state index contributed by atoms with van der Waals surface area (Å²) in [6.45, 7) is 3.97. The third-order valence-electron chi connectivity index (χ3n) is 4.27. The number of methoxy groups -OCH3 is 2. The predicted molar refractivity (Wildman–Crippen MR) is 114 cm³/mol. The topological polar surface area (TPSA) is 89.0 Å². The molecular formula is C21H24ClN3O4. The Labute approximate surface area is 175 Å². The molecule has 0 atom stereocenters. The van der Waals surface area contributed by atoms with Crippen LogP contribution < -0.4 is 20.2 Å². The van der Waals surface area contributed by atoms with Gasteiger partial charge in [0.25, 0.3) is 0 Å². The predicted octanol–water partition coefficient (Wildman–Crippen LogP) is 3.84. The number of benzene rings is 2. The number of hydrogen-bond acceptors (Lipinski definition) is 5. The highest BCUT2D eigenvalue weighted by atomic mass is 35.5. The van der Waals surface area contributed by atoms with Crippen molar-refractivity contribution in [2.24, 2.45) is 5.10 Å². The molecule has 8 heteroatoms. The molecule has 154 valence electrons. The number of ether oxygens (including phenoxy) is 2. The van der Waals surface area contributed by atoms with Crippen LogP contribution in [0.4, 0.5) is 5.69 Å². The van der Waals surface area contributed by atoms with Gasteiger partial charge in [0, 0.05) is 30.2 Å². The van der Waals surface area contributed by atoms with E-state index >= 15 is 0 Å². The number of halogens is 1. The van der Waals surface area contributed by atoms with Crippen LogP contribution in [0.25, 0.3) is 0 Å². The molecule has 0 aliphatic rings. The highest BCUT2D eigenvalue weighted by molar-refractivity contribution is 6.33. The Balaban J connectivity index is 1.85. The summed E-state index contributed by atoms with van der Waals surface area (Å²) >= 11 is 6.16. The van der Waals surface area contributed by atoms with Gasteiger partial charge >= 0.3 is 0 Å². The molecule has 0 fully saturated rings. The van der Waals surface area contributed by atoms with Crippen LogP contribution >= 0.6 is 11.6 Å². The van der Waals surface area contributed by atoms with Crippen molar-refractivity contribution in [1.82, 2.24) is 5.43 Å². The fraction of sp³-hybridized carbons (Fsp3) is 0.286. The maximum absolute atomic E-state index is 12.0. The smallest absolute Gasteiger partial charge is 0.240 e. The van der Waals surface area contributed by atoms with E-state index in [1.807, 2.05) is 32.0 Å². The standard InChI is InChI=1S/C21H24ClN3O4/c1-13-5-6-16(9-14(13)2)24-20(26)7-8-21(27)25-23-12-15-10-18(28-3)19(29-4)11-17(15)22/h5-6,9-12H,7-8H2,1-4H3,(H,24,26)(H,25,27)/b23-12+. The summed E-state index contributed by atoms with van der Waals surface area (Å²) < 4.78 is 10.4. The molecule has 0 aromatic heterocycles. The van der Waals surface area contributed by atoms with Crippen molar-refractivity contribution in [3.05, 3.63) is 52.0 Å². The van der Waals surface area contributed by atoms with Crippen molar-refractivity contribution in [2.45, 2.75) is 26.7 Å². The van der Waals surface area contributed by atoms with E-state index in [9.17, 15) is 9.59 Å². The molecule has 0 bridgehead atoms. The van der Waals surface area contributed by atoms with Gasteiger partial charge in [0.2, 0.25) is 11.8 Å². The summed E-state index contributed by atoms with van der Waals surface area (Å²) in [5, 5.41) is 7.05. The first-order chi connectivity index (χ1) is 13.8. The molecule has 0 saturated heterocycles. The van der Waals surface area contributed by atoms with Crippen LogP contribution in [0.5, 0.6) is 11.5 Å². The second kappa shape index (κ2) is 10.5. The molecule has 29 heavy (non-hydrogen) atoms. The monoisotopic (exact) mass is 417 g/mol. The third-order valence-corrected chi connectivity index (χ3v) is 4.59. The summed E-state index contributed by atoms with van der Waals surface area (Å²) in [5.41, 5.74) is 5.88. The van der Waals surface area contributed by atoms with Crippen molar-refractivity contribution >= 4 is 35.3 Å². The number of hydrogen-bond donors (Lipinski definition) is 2. The molecule has 2 N–H and O–H groups in total. The van der Waals surface area contributed by atoms with E-state index in [0.717, 1.165) is 11.1 Å². The molecule has 2 aromatic carbocycles. The number of hydrazone groups is 1. The third kappa shape index (κ3) is 6.50. The molecule has 0 radical (unpaired) electrons. The minimum Gasteiger partial charge on any atom is -0.493 e. The van der Waals surface area contributed by atoms with Crippen LogP contribution in [0.3, 0.4) is 0 Å². The normalized spacial score (nSPS) is 10.7. The van der Waals surface area contributed by atoms with Gasteiger partial charge in [0.15, 0.2) is 11.5 Å². The number of carbonyl (C=O) groups is 2. The number of amides is 2. The maximum atomic E-state index is 12.0. The van der Waals surface area contributed by atoms with Crippen molar-refractivity contribution < 1.29 is 19.1 Å². The second-order valence-electron chi connectivity index (χ2n) is 6.37. The van der Waals surface area contributed by atoms with Gasteiger partial charge in [-0.1, -0.05) is 17.7 Å². The van der Waals surface area contributed by atoms with Crippen molar-refractivity contribution in [2.75, 3.05) is 19.5 Å². The first-order valence-electron chi connectivity index (χ1n) is 8.94. The van der Waals surface area contributed by atoms with Crippen LogP contribution in [0.15, 0.2) is 35.4 Å². The van der Waals surface area contributed by atoms with Crippen molar-refractivity contribution in [3.8, 4) is 11.5 Å². The van der Waals surface area contributed by atoms with Crippen LogP contribution in [-0.4, -0.2) is 32.2 Å². The van der Waals surface area contributed by atoms with E-state index in [4.69, 9.17) is 21.1 Å². The van der Waals surface area contributed by atoms with E-state index in [1.54, 1.807) is 12.1 Å². The van der Waals surface area contributed by atoms with Crippen LogP contribution in [0.1, 0.15) is 29.5 Å². The van der Waals surface area contributed by atoms with E-state index in [2.05, 4.69) is 15.8 Å². The Morgan fingerprint density at radius 3 is 2.31 bits per heavy atom. The molecule has 0 aliphatic carbocycles. The molecule has 0 saturated carbocycles. The maximum Gasteiger partial charge on any atom is 0.240 e. The zero-order chi connectivity index (χ0) is 21.4. The quantitative estimate of drug-likeness (QED) is 0.504. The second-order valence-corrected chi connectivity index (χ2v) is 6.78. The van der Waals surface area contributed by atoms with Gasteiger partial charge in [0.1, 0.15) is 0 Å². The fourth-order valence-corrected chi connectivity index (χ4v) is 2.67.